The predicted molar refractivity (Wildman–Crippen MR) is 147 cm³/mol. The van der Waals surface area contributed by atoms with Crippen LogP contribution in [0.3, 0.4) is 0 Å². The molecule has 38 heavy (non-hydrogen) atoms. The van der Waals surface area contributed by atoms with Crippen LogP contribution in [0.25, 0.3) is 6.08 Å². The van der Waals surface area contributed by atoms with E-state index < -0.39 is 29.9 Å². The zero-order valence-electron chi connectivity index (χ0n) is 22.5. The van der Waals surface area contributed by atoms with Gasteiger partial charge in [-0.05, 0) is 49.3 Å². The minimum absolute atomic E-state index is 0.129. The second kappa shape index (κ2) is 15.1. The fourth-order valence-corrected chi connectivity index (χ4v) is 4.43. The van der Waals surface area contributed by atoms with E-state index in [4.69, 9.17) is 9.57 Å². The molecule has 2 aromatic carbocycles. The SMILES string of the molecule is CC(=O)N(NC(=O)[C@H](CC(C)C)[C@H](C/C=C/c1ccccc1)C(=O)NOC1CCCCO1)c1ccccc1. The number of rotatable bonds is 11. The molecule has 1 saturated heterocycles. The summed E-state index contributed by atoms with van der Waals surface area (Å²) in [6.07, 6.45) is 6.71. The first-order valence-electron chi connectivity index (χ1n) is 13.3. The zero-order chi connectivity index (χ0) is 27.3. The standard InChI is InChI=1S/C30H39N3O5/c1-22(2)21-27(29(35)31-33(23(3)34)25-16-8-5-9-17-25)26(18-12-15-24-13-6-4-7-14-24)30(36)32-38-28-19-10-11-20-37-28/h4-9,12-17,22,26-28H,10-11,18-21H2,1-3H3,(H,31,35)(H,32,36)/b15-12+/t26-,27+,28?/m0/s1. The van der Waals surface area contributed by atoms with E-state index in [2.05, 4.69) is 10.9 Å². The molecule has 3 amide bonds. The van der Waals surface area contributed by atoms with Gasteiger partial charge in [0.05, 0.1) is 17.5 Å². The lowest BCUT2D eigenvalue weighted by molar-refractivity contribution is -0.203. The number of ether oxygens (including phenoxy) is 1. The highest BCUT2D eigenvalue weighted by molar-refractivity contribution is 5.96. The van der Waals surface area contributed by atoms with Crippen molar-refractivity contribution in [1.29, 1.82) is 0 Å². The number of benzene rings is 2. The molecule has 1 unspecified atom stereocenters. The summed E-state index contributed by atoms with van der Waals surface area (Å²) < 4.78 is 5.57. The first-order valence-corrected chi connectivity index (χ1v) is 13.3. The Balaban J connectivity index is 1.82. The quantitative estimate of drug-likeness (QED) is 0.405. The summed E-state index contributed by atoms with van der Waals surface area (Å²) in [5.74, 6) is -2.45. The Bertz CT molecular complexity index is 1050. The first-order chi connectivity index (χ1) is 18.3. The molecular weight excluding hydrogens is 482 g/mol. The third-order valence-electron chi connectivity index (χ3n) is 6.36. The molecule has 8 nitrogen and oxygen atoms in total. The molecule has 1 heterocycles. The van der Waals surface area contributed by atoms with Gasteiger partial charge in [0.15, 0.2) is 6.29 Å². The van der Waals surface area contributed by atoms with E-state index in [-0.39, 0.29) is 11.8 Å². The number of carbonyl (C=O) groups is 3. The van der Waals surface area contributed by atoms with E-state index in [1.54, 1.807) is 24.3 Å². The van der Waals surface area contributed by atoms with Crippen molar-refractivity contribution in [3.05, 3.63) is 72.3 Å². The minimum atomic E-state index is -0.731. The first kappa shape index (κ1) is 29.1. The van der Waals surface area contributed by atoms with Crippen molar-refractivity contribution in [2.24, 2.45) is 17.8 Å². The van der Waals surface area contributed by atoms with Gasteiger partial charge in [0.1, 0.15) is 0 Å². The van der Waals surface area contributed by atoms with Crippen molar-refractivity contribution >= 4 is 29.5 Å². The minimum Gasteiger partial charge on any atom is -0.350 e. The van der Waals surface area contributed by atoms with Crippen LogP contribution < -0.4 is 15.9 Å². The Kier molecular flexibility index (Phi) is 11.5. The number of allylic oxidation sites excluding steroid dienone is 1. The number of hydrogen-bond acceptors (Lipinski definition) is 5. The van der Waals surface area contributed by atoms with Gasteiger partial charge in [-0.3, -0.25) is 19.8 Å². The molecule has 1 fully saturated rings. The molecule has 1 aliphatic rings. The monoisotopic (exact) mass is 521 g/mol. The van der Waals surface area contributed by atoms with Gasteiger partial charge in [-0.25, -0.2) is 15.3 Å². The molecule has 2 N–H and O–H groups in total. The molecule has 0 aromatic heterocycles. The van der Waals surface area contributed by atoms with Crippen LogP contribution in [0.1, 0.15) is 58.4 Å². The third kappa shape index (κ3) is 9.11. The predicted octanol–water partition coefficient (Wildman–Crippen LogP) is 5.03. The highest BCUT2D eigenvalue weighted by atomic mass is 16.8. The third-order valence-corrected chi connectivity index (χ3v) is 6.36. The van der Waals surface area contributed by atoms with Crippen LogP contribution in [0.4, 0.5) is 5.69 Å². The molecule has 3 atom stereocenters. The highest BCUT2D eigenvalue weighted by Crippen LogP contribution is 2.26. The summed E-state index contributed by atoms with van der Waals surface area (Å²) in [5.41, 5.74) is 6.86. The van der Waals surface area contributed by atoms with E-state index in [0.717, 1.165) is 18.4 Å². The van der Waals surface area contributed by atoms with Crippen LogP contribution in [-0.2, 0) is 24.0 Å². The Hall–Kier alpha value is -3.49. The molecule has 8 heteroatoms. The van der Waals surface area contributed by atoms with Crippen LogP contribution >= 0.6 is 0 Å². The van der Waals surface area contributed by atoms with Gasteiger partial charge in [0, 0.05) is 20.0 Å². The lowest BCUT2D eigenvalue weighted by atomic mass is 9.82. The van der Waals surface area contributed by atoms with E-state index >= 15 is 0 Å². The fraction of sp³-hybridized carbons (Fsp3) is 0.433. The average Bonchev–Trinajstić information content (AvgIpc) is 2.93. The number of anilines is 1. The van der Waals surface area contributed by atoms with Gasteiger partial charge in [-0.2, -0.15) is 0 Å². The van der Waals surface area contributed by atoms with Crippen molar-refractivity contribution in [1.82, 2.24) is 10.9 Å². The van der Waals surface area contributed by atoms with Crippen LogP contribution in [0.15, 0.2) is 66.7 Å². The van der Waals surface area contributed by atoms with Crippen molar-refractivity contribution in [2.45, 2.75) is 59.2 Å². The van der Waals surface area contributed by atoms with Gasteiger partial charge in [0.25, 0.3) is 0 Å². The second-order valence-electron chi connectivity index (χ2n) is 9.94. The van der Waals surface area contributed by atoms with E-state index in [1.165, 1.54) is 11.9 Å². The lowest BCUT2D eigenvalue weighted by Gasteiger charge is -2.30. The van der Waals surface area contributed by atoms with Crippen molar-refractivity contribution in [2.75, 3.05) is 11.6 Å². The maximum absolute atomic E-state index is 13.7. The molecular formula is C30H39N3O5. The molecule has 0 bridgehead atoms. The number of para-hydroxylation sites is 1. The van der Waals surface area contributed by atoms with E-state index in [9.17, 15) is 14.4 Å². The van der Waals surface area contributed by atoms with Crippen molar-refractivity contribution in [3.63, 3.8) is 0 Å². The maximum Gasteiger partial charge on any atom is 0.247 e. The summed E-state index contributed by atoms with van der Waals surface area (Å²) >= 11 is 0. The maximum atomic E-state index is 13.7. The van der Waals surface area contributed by atoms with Gasteiger partial charge in [0.2, 0.25) is 17.7 Å². The number of nitrogens with zero attached hydrogens (tertiary/aromatic N) is 1. The number of carbonyl (C=O) groups excluding carboxylic acids is 3. The molecule has 3 rings (SSSR count). The van der Waals surface area contributed by atoms with E-state index in [0.29, 0.717) is 31.6 Å². The largest absolute Gasteiger partial charge is 0.350 e. The fourth-order valence-electron chi connectivity index (χ4n) is 4.43. The Morgan fingerprint density at radius 2 is 1.68 bits per heavy atom. The zero-order valence-corrected chi connectivity index (χ0v) is 22.5. The van der Waals surface area contributed by atoms with Gasteiger partial charge in [-0.15, -0.1) is 0 Å². The van der Waals surface area contributed by atoms with Crippen LogP contribution in [0, 0.1) is 17.8 Å². The van der Waals surface area contributed by atoms with E-state index in [1.807, 2.05) is 62.4 Å². The smallest absolute Gasteiger partial charge is 0.247 e. The van der Waals surface area contributed by atoms with Crippen molar-refractivity contribution in [3.8, 4) is 0 Å². The number of hydrogen-bond donors (Lipinski definition) is 2. The molecule has 1 aliphatic heterocycles. The number of nitrogens with one attached hydrogen (secondary N) is 2. The second-order valence-corrected chi connectivity index (χ2v) is 9.94. The number of hydrazine groups is 1. The molecule has 0 aliphatic carbocycles. The summed E-state index contributed by atoms with van der Waals surface area (Å²) in [7, 11) is 0. The summed E-state index contributed by atoms with van der Waals surface area (Å²) in [6.45, 7) is 5.97. The molecule has 0 radical (unpaired) electrons. The van der Waals surface area contributed by atoms with Crippen LogP contribution in [-0.4, -0.2) is 30.6 Å². The summed E-state index contributed by atoms with van der Waals surface area (Å²) in [5, 5.41) is 1.22. The Labute approximate surface area is 225 Å². The normalized spacial score (nSPS) is 17.1. The Morgan fingerprint density at radius 3 is 2.29 bits per heavy atom. The van der Waals surface area contributed by atoms with Gasteiger partial charge < -0.3 is 4.74 Å². The molecule has 204 valence electrons. The van der Waals surface area contributed by atoms with Crippen molar-refractivity contribution < 1.29 is 24.0 Å². The molecule has 0 spiro atoms. The van der Waals surface area contributed by atoms with Crippen LogP contribution in [0.2, 0.25) is 0 Å². The molecule has 0 saturated carbocycles. The van der Waals surface area contributed by atoms with Gasteiger partial charge in [-0.1, -0.05) is 74.5 Å². The topological polar surface area (TPSA) is 97.0 Å². The Morgan fingerprint density at radius 1 is 1.00 bits per heavy atom. The summed E-state index contributed by atoms with van der Waals surface area (Å²) in [4.78, 5) is 45.1. The van der Waals surface area contributed by atoms with Crippen LogP contribution in [0.5, 0.6) is 0 Å². The highest BCUT2D eigenvalue weighted by Gasteiger charge is 2.35. The van der Waals surface area contributed by atoms with Gasteiger partial charge >= 0.3 is 0 Å². The molecule has 2 aromatic rings. The number of hydroxylamine groups is 1. The summed E-state index contributed by atoms with van der Waals surface area (Å²) in [6, 6.07) is 18.7. The number of amides is 3. The average molecular weight is 522 g/mol. The lowest BCUT2D eigenvalue weighted by Crippen LogP contribution is -2.51.